The van der Waals surface area contributed by atoms with E-state index in [1.54, 1.807) is 0 Å². The molecule has 1 heteroatoms. The van der Waals surface area contributed by atoms with Crippen LogP contribution in [0.4, 0.5) is 0 Å². The summed E-state index contributed by atoms with van der Waals surface area (Å²) >= 11 is 0. The van der Waals surface area contributed by atoms with Crippen LogP contribution in [0.1, 0.15) is 53.4 Å². The van der Waals surface area contributed by atoms with Gasteiger partial charge >= 0.3 is 0 Å². The van der Waals surface area contributed by atoms with Crippen molar-refractivity contribution in [2.75, 3.05) is 0 Å². The first-order chi connectivity index (χ1) is 7.37. The molecule has 0 fully saturated rings. The zero-order valence-corrected chi connectivity index (χ0v) is 11.2. The minimum atomic E-state index is -0.691. The van der Waals surface area contributed by atoms with Gasteiger partial charge in [0.25, 0.3) is 0 Å². The van der Waals surface area contributed by atoms with Crippen LogP contribution in [0.25, 0.3) is 0 Å². The number of hydrogen-bond donors (Lipinski definition) is 1. The van der Waals surface area contributed by atoms with Crippen molar-refractivity contribution < 1.29 is 5.11 Å². The maximum atomic E-state index is 10.1. The van der Waals surface area contributed by atoms with Crippen LogP contribution in [0.15, 0.2) is 36.0 Å². The molecule has 16 heavy (non-hydrogen) atoms. The van der Waals surface area contributed by atoms with E-state index in [0.717, 1.165) is 25.7 Å². The van der Waals surface area contributed by atoms with Gasteiger partial charge in [0.05, 0.1) is 5.60 Å². The Balaban J connectivity index is 4.18. The summed E-state index contributed by atoms with van der Waals surface area (Å²) in [6, 6.07) is 0. The van der Waals surface area contributed by atoms with Crippen molar-refractivity contribution in [2.45, 2.75) is 59.0 Å². The molecule has 92 valence electrons. The standard InChI is InChI=1S/C15H26O/c1-6-7-11-15(5,16)12-14(4)10-8-9-13(2)3/h6,9,12,16H,1,7-8,10-11H2,2-5H3/b14-12+/t15-/m0/s1. The summed E-state index contributed by atoms with van der Waals surface area (Å²) in [6.45, 7) is 11.8. The molecule has 0 heterocycles. The molecule has 0 aliphatic rings. The van der Waals surface area contributed by atoms with Crippen molar-refractivity contribution >= 4 is 0 Å². The summed E-state index contributed by atoms with van der Waals surface area (Å²) in [6.07, 6.45) is 9.74. The highest BCUT2D eigenvalue weighted by molar-refractivity contribution is 5.09. The number of hydrogen-bond acceptors (Lipinski definition) is 1. The van der Waals surface area contributed by atoms with E-state index in [-0.39, 0.29) is 0 Å². The monoisotopic (exact) mass is 222 g/mol. The summed E-state index contributed by atoms with van der Waals surface area (Å²) < 4.78 is 0. The third kappa shape index (κ3) is 8.49. The Morgan fingerprint density at radius 3 is 2.38 bits per heavy atom. The molecule has 0 spiro atoms. The van der Waals surface area contributed by atoms with Crippen LogP contribution in [-0.4, -0.2) is 10.7 Å². The molecule has 0 aromatic rings. The van der Waals surface area contributed by atoms with Crippen LogP contribution in [0, 0.1) is 0 Å². The molecule has 1 atom stereocenters. The van der Waals surface area contributed by atoms with Crippen molar-refractivity contribution in [1.82, 2.24) is 0 Å². The third-order valence-corrected chi connectivity index (χ3v) is 2.50. The lowest BCUT2D eigenvalue weighted by molar-refractivity contribution is 0.102. The van der Waals surface area contributed by atoms with Gasteiger partial charge in [-0.2, -0.15) is 0 Å². The Hall–Kier alpha value is -0.820. The van der Waals surface area contributed by atoms with Crippen LogP contribution in [0.3, 0.4) is 0 Å². The van der Waals surface area contributed by atoms with E-state index in [1.165, 1.54) is 11.1 Å². The van der Waals surface area contributed by atoms with Gasteiger partial charge < -0.3 is 5.11 Å². The van der Waals surface area contributed by atoms with Crippen molar-refractivity contribution in [3.8, 4) is 0 Å². The molecule has 0 aliphatic carbocycles. The van der Waals surface area contributed by atoms with Gasteiger partial charge in [0.15, 0.2) is 0 Å². The minimum Gasteiger partial charge on any atom is -0.386 e. The number of allylic oxidation sites excluding steroid dienone is 4. The van der Waals surface area contributed by atoms with Gasteiger partial charge in [-0.15, -0.1) is 6.58 Å². The maximum Gasteiger partial charge on any atom is 0.0805 e. The summed E-state index contributed by atoms with van der Waals surface area (Å²) in [5.74, 6) is 0. The predicted octanol–water partition coefficient (Wildman–Crippen LogP) is 4.40. The Bertz CT molecular complexity index is 265. The van der Waals surface area contributed by atoms with E-state index >= 15 is 0 Å². The summed E-state index contributed by atoms with van der Waals surface area (Å²) in [5.41, 5.74) is 1.92. The summed E-state index contributed by atoms with van der Waals surface area (Å²) in [4.78, 5) is 0. The first-order valence-electron chi connectivity index (χ1n) is 6.02. The molecular formula is C15H26O. The van der Waals surface area contributed by atoms with E-state index in [1.807, 2.05) is 19.1 Å². The molecular weight excluding hydrogens is 196 g/mol. The van der Waals surface area contributed by atoms with E-state index in [0.29, 0.717) is 0 Å². The third-order valence-electron chi connectivity index (χ3n) is 2.50. The fourth-order valence-corrected chi connectivity index (χ4v) is 1.66. The van der Waals surface area contributed by atoms with Gasteiger partial charge in [0.2, 0.25) is 0 Å². The van der Waals surface area contributed by atoms with Crippen molar-refractivity contribution in [1.29, 1.82) is 0 Å². The second-order valence-corrected chi connectivity index (χ2v) is 5.00. The summed E-state index contributed by atoms with van der Waals surface area (Å²) in [7, 11) is 0. The van der Waals surface area contributed by atoms with Crippen molar-refractivity contribution in [3.05, 3.63) is 36.0 Å². The van der Waals surface area contributed by atoms with E-state index in [4.69, 9.17) is 0 Å². The Morgan fingerprint density at radius 1 is 1.25 bits per heavy atom. The lowest BCUT2D eigenvalue weighted by atomic mass is 9.96. The average Bonchev–Trinajstić information content (AvgIpc) is 2.13. The molecule has 1 N–H and O–H groups in total. The average molecular weight is 222 g/mol. The second kappa shape index (κ2) is 7.45. The van der Waals surface area contributed by atoms with Crippen molar-refractivity contribution in [2.24, 2.45) is 0 Å². The molecule has 0 amide bonds. The molecule has 0 aromatic heterocycles. The van der Waals surface area contributed by atoms with Crippen LogP contribution in [0.5, 0.6) is 0 Å². The first-order valence-corrected chi connectivity index (χ1v) is 6.02. The second-order valence-electron chi connectivity index (χ2n) is 5.00. The lowest BCUT2D eigenvalue weighted by Crippen LogP contribution is -2.20. The highest BCUT2D eigenvalue weighted by Gasteiger charge is 2.15. The maximum absolute atomic E-state index is 10.1. The predicted molar refractivity (Wildman–Crippen MR) is 72.5 cm³/mol. The smallest absolute Gasteiger partial charge is 0.0805 e. The normalized spacial score (nSPS) is 15.4. The first kappa shape index (κ1) is 15.2. The molecule has 0 bridgehead atoms. The fourth-order valence-electron chi connectivity index (χ4n) is 1.66. The SMILES string of the molecule is C=CCC[C@](C)(O)/C=C(\C)CCC=C(C)C. The van der Waals surface area contributed by atoms with E-state index in [2.05, 4.69) is 33.4 Å². The molecule has 0 rings (SSSR count). The highest BCUT2D eigenvalue weighted by atomic mass is 16.3. The molecule has 1 nitrogen and oxygen atoms in total. The highest BCUT2D eigenvalue weighted by Crippen LogP contribution is 2.18. The summed E-state index contributed by atoms with van der Waals surface area (Å²) in [5, 5.41) is 10.1. The van der Waals surface area contributed by atoms with Crippen molar-refractivity contribution in [3.63, 3.8) is 0 Å². The van der Waals surface area contributed by atoms with E-state index < -0.39 is 5.60 Å². The zero-order chi connectivity index (χ0) is 12.6. The van der Waals surface area contributed by atoms with E-state index in [9.17, 15) is 5.11 Å². The largest absolute Gasteiger partial charge is 0.386 e. The molecule has 0 radical (unpaired) electrons. The molecule has 0 aromatic carbocycles. The Kier molecular flexibility index (Phi) is 7.07. The molecule has 0 unspecified atom stereocenters. The zero-order valence-electron chi connectivity index (χ0n) is 11.2. The number of aliphatic hydroxyl groups is 1. The topological polar surface area (TPSA) is 20.2 Å². The number of rotatable bonds is 7. The van der Waals surface area contributed by atoms with Gasteiger partial charge in [-0.1, -0.05) is 29.4 Å². The van der Waals surface area contributed by atoms with Gasteiger partial charge in [-0.05, 0) is 53.4 Å². The minimum absolute atomic E-state index is 0.691. The van der Waals surface area contributed by atoms with Gasteiger partial charge in [0.1, 0.15) is 0 Å². The van der Waals surface area contributed by atoms with Crippen LogP contribution in [-0.2, 0) is 0 Å². The Morgan fingerprint density at radius 2 is 1.88 bits per heavy atom. The van der Waals surface area contributed by atoms with Crippen LogP contribution < -0.4 is 0 Å². The van der Waals surface area contributed by atoms with Crippen LogP contribution in [0.2, 0.25) is 0 Å². The Labute approximate surface area is 101 Å². The fraction of sp³-hybridized carbons (Fsp3) is 0.600. The van der Waals surface area contributed by atoms with Gasteiger partial charge in [0, 0.05) is 0 Å². The van der Waals surface area contributed by atoms with Gasteiger partial charge in [-0.3, -0.25) is 0 Å². The molecule has 0 saturated carbocycles. The van der Waals surface area contributed by atoms with Gasteiger partial charge in [-0.25, -0.2) is 0 Å². The molecule has 0 saturated heterocycles. The quantitative estimate of drug-likeness (QED) is 0.633. The molecule has 0 aliphatic heterocycles. The van der Waals surface area contributed by atoms with Crippen LogP contribution >= 0.6 is 0 Å². The lowest BCUT2D eigenvalue weighted by Gasteiger charge is -2.19.